The molecule has 2 rings (SSSR count). The van der Waals surface area contributed by atoms with Crippen LogP contribution in [-0.4, -0.2) is 23.3 Å². The van der Waals surface area contributed by atoms with E-state index in [0.717, 1.165) is 15.6 Å². The number of benzene rings is 2. The third kappa shape index (κ3) is 5.20. The molecule has 0 bridgehead atoms. The Hall–Kier alpha value is -2.14. The third-order valence-corrected chi connectivity index (χ3v) is 4.32. The molecule has 0 aliphatic heterocycles. The van der Waals surface area contributed by atoms with E-state index in [0.29, 0.717) is 18.8 Å². The van der Waals surface area contributed by atoms with Crippen molar-refractivity contribution < 1.29 is 9.59 Å². The van der Waals surface area contributed by atoms with Crippen LogP contribution in [0, 0.1) is 6.92 Å². The highest BCUT2D eigenvalue weighted by atomic mass is 79.9. The van der Waals surface area contributed by atoms with E-state index in [-0.39, 0.29) is 18.2 Å². The summed E-state index contributed by atoms with van der Waals surface area (Å²) in [6.45, 7) is 4.96. The van der Waals surface area contributed by atoms with Crippen LogP contribution in [0.4, 0.5) is 5.69 Å². The maximum Gasteiger partial charge on any atom is 0.233 e. The Bertz CT molecular complexity index is 717. The Morgan fingerprint density at radius 1 is 1.12 bits per heavy atom. The van der Waals surface area contributed by atoms with Crippen LogP contribution in [0.25, 0.3) is 0 Å². The minimum absolute atomic E-state index is 0.166. The van der Waals surface area contributed by atoms with Crippen molar-refractivity contribution in [1.82, 2.24) is 4.90 Å². The lowest BCUT2D eigenvalue weighted by atomic mass is 10.2. The summed E-state index contributed by atoms with van der Waals surface area (Å²) in [6.07, 6.45) is -0.166. The van der Waals surface area contributed by atoms with Crippen molar-refractivity contribution in [1.29, 1.82) is 0 Å². The van der Waals surface area contributed by atoms with Gasteiger partial charge in [0.15, 0.2) is 0 Å². The summed E-state index contributed by atoms with van der Waals surface area (Å²) in [5.41, 5.74) is 2.81. The van der Waals surface area contributed by atoms with Gasteiger partial charge in [0.1, 0.15) is 6.42 Å². The summed E-state index contributed by atoms with van der Waals surface area (Å²) in [7, 11) is 0. The van der Waals surface area contributed by atoms with Crippen LogP contribution in [-0.2, 0) is 16.1 Å². The highest BCUT2D eigenvalue weighted by Crippen LogP contribution is 2.23. The zero-order chi connectivity index (χ0) is 17.5. The first-order valence-electron chi connectivity index (χ1n) is 7.87. The molecule has 2 aromatic rings. The van der Waals surface area contributed by atoms with Crippen LogP contribution in [0.3, 0.4) is 0 Å². The zero-order valence-corrected chi connectivity index (χ0v) is 15.5. The number of nitrogens with one attached hydrogen (secondary N) is 1. The Morgan fingerprint density at radius 2 is 1.83 bits per heavy atom. The molecule has 0 saturated carbocycles. The van der Waals surface area contributed by atoms with Crippen molar-refractivity contribution in [3.8, 4) is 0 Å². The lowest BCUT2D eigenvalue weighted by molar-refractivity contribution is -0.134. The average Bonchev–Trinajstić information content (AvgIpc) is 2.56. The number of carbonyl (C=O) groups excluding carboxylic acids is 2. The second kappa shape index (κ2) is 8.64. The summed E-state index contributed by atoms with van der Waals surface area (Å²) in [4.78, 5) is 26.2. The predicted molar refractivity (Wildman–Crippen MR) is 99.7 cm³/mol. The molecule has 2 amide bonds. The van der Waals surface area contributed by atoms with Crippen LogP contribution in [0.1, 0.15) is 24.5 Å². The van der Waals surface area contributed by atoms with Crippen molar-refractivity contribution in [3.63, 3.8) is 0 Å². The lowest BCUT2D eigenvalue weighted by Gasteiger charge is -2.21. The molecule has 0 aliphatic rings. The molecule has 2 aromatic carbocycles. The van der Waals surface area contributed by atoms with E-state index in [2.05, 4.69) is 21.2 Å². The number of aryl methyl sites for hydroxylation is 1. The monoisotopic (exact) mass is 388 g/mol. The third-order valence-electron chi connectivity index (χ3n) is 3.66. The van der Waals surface area contributed by atoms with E-state index in [1.165, 1.54) is 0 Å². The highest BCUT2D eigenvalue weighted by Gasteiger charge is 2.17. The molecule has 24 heavy (non-hydrogen) atoms. The molecule has 0 spiro atoms. The summed E-state index contributed by atoms with van der Waals surface area (Å²) in [5.74, 6) is -0.488. The van der Waals surface area contributed by atoms with Crippen molar-refractivity contribution in [2.45, 2.75) is 26.8 Å². The van der Waals surface area contributed by atoms with E-state index in [9.17, 15) is 9.59 Å². The van der Waals surface area contributed by atoms with Crippen molar-refractivity contribution in [2.24, 2.45) is 0 Å². The van der Waals surface area contributed by atoms with E-state index in [4.69, 9.17) is 0 Å². The van der Waals surface area contributed by atoms with Crippen LogP contribution in [0.5, 0.6) is 0 Å². The van der Waals surface area contributed by atoms with Crippen LogP contribution >= 0.6 is 15.9 Å². The predicted octanol–water partition coefficient (Wildman–Crippen LogP) is 4.13. The minimum Gasteiger partial charge on any atom is -0.338 e. The van der Waals surface area contributed by atoms with Gasteiger partial charge in [0.05, 0.1) is 5.69 Å². The first kappa shape index (κ1) is 18.2. The van der Waals surface area contributed by atoms with Gasteiger partial charge in [-0.05, 0) is 53.0 Å². The van der Waals surface area contributed by atoms with Gasteiger partial charge in [0.2, 0.25) is 11.8 Å². The largest absolute Gasteiger partial charge is 0.338 e. The number of hydrogen-bond donors (Lipinski definition) is 1. The van der Waals surface area contributed by atoms with Crippen LogP contribution in [0.15, 0.2) is 53.0 Å². The zero-order valence-electron chi connectivity index (χ0n) is 13.9. The van der Waals surface area contributed by atoms with Crippen molar-refractivity contribution in [3.05, 3.63) is 64.1 Å². The summed E-state index contributed by atoms with van der Waals surface area (Å²) < 4.78 is 0.805. The Labute approximate surface area is 151 Å². The van der Waals surface area contributed by atoms with Crippen molar-refractivity contribution >= 4 is 33.4 Å². The molecule has 0 radical (unpaired) electrons. The summed E-state index contributed by atoms with van der Waals surface area (Å²) in [6, 6.07) is 15.4. The number of nitrogens with zero attached hydrogens (tertiary/aromatic N) is 1. The normalized spacial score (nSPS) is 10.3. The molecule has 0 aliphatic carbocycles. The topological polar surface area (TPSA) is 49.4 Å². The maximum atomic E-state index is 12.4. The Morgan fingerprint density at radius 3 is 2.46 bits per heavy atom. The van der Waals surface area contributed by atoms with Crippen molar-refractivity contribution in [2.75, 3.05) is 11.9 Å². The van der Waals surface area contributed by atoms with Gasteiger partial charge in [-0.15, -0.1) is 0 Å². The maximum absolute atomic E-state index is 12.4. The molecule has 0 atom stereocenters. The smallest absolute Gasteiger partial charge is 0.233 e. The fourth-order valence-corrected chi connectivity index (χ4v) is 2.94. The molecule has 126 valence electrons. The van der Waals surface area contributed by atoms with Gasteiger partial charge in [0.25, 0.3) is 0 Å². The van der Waals surface area contributed by atoms with E-state index in [1.54, 1.807) is 4.90 Å². The minimum atomic E-state index is -0.309. The second-order valence-electron chi connectivity index (χ2n) is 5.60. The Balaban J connectivity index is 1.95. The number of anilines is 1. The molecule has 0 aromatic heterocycles. The van der Waals surface area contributed by atoms with E-state index < -0.39 is 0 Å². The molecule has 0 saturated heterocycles. The van der Waals surface area contributed by atoms with E-state index in [1.807, 2.05) is 62.4 Å². The molecule has 0 unspecified atom stereocenters. The number of hydrogen-bond acceptors (Lipinski definition) is 2. The molecule has 5 heteroatoms. The highest BCUT2D eigenvalue weighted by molar-refractivity contribution is 9.10. The molecule has 1 N–H and O–H groups in total. The van der Waals surface area contributed by atoms with Gasteiger partial charge in [0, 0.05) is 17.6 Å². The van der Waals surface area contributed by atoms with Gasteiger partial charge >= 0.3 is 0 Å². The number of amides is 2. The number of carbonyl (C=O) groups is 2. The average molecular weight is 389 g/mol. The molecule has 0 heterocycles. The molecular formula is C19H21BrN2O2. The SMILES string of the molecule is CCN(Cc1ccccc1)C(=O)CC(=O)Nc1ccc(C)cc1Br. The van der Waals surface area contributed by atoms with Gasteiger partial charge in [-0.2, -0.15) is 0 Å². The summed E-state index contributed by atoms with van der Waals surface area (Å²) >= 11 is 3.42. The lowest BCUT2D eigenvalue weighted by Crippen LogP contribution is -2.33. The van der Waals surface area contributed by atoms with Gasteiger partial charge in [-0.3, -0.25) is 9.59 Å². The standard InChI is InChI=1S/C19H21BrN2O2/c1-3-22(13-15-7-5-4-6-8-15)19(24)12-18(23)21-17-10-9-14(2)11-16(17)20/h4-11H,3,12-13H2,1-2H3,(H,21,23). The van der Waals surface area contributed by atoms with Gasteiger partial charge in [-0.1, -0.05) is 36.4 Å². The van der Waals surface area contributed by atoms with Gasteiger partial charge < -0.3 is 10.2 Å². The van der Waals surface area contributed by atoms with Crippen LogP contribution < -0.4 is 5.32 Å². The summed E-state index contributed by atoms with van der Waals surface area (Å²) in [5, 5.41) is 2.78. The fraction of sp³-hybridized carbons (Fsp3) is 0.263. The fourth-order valence-electron chi connectivity index (χ4n) is 2.35. The number of halogens is 1. The first-order valence-corrected chi connectivity index (χ1v) is 8.66. The Kier molecular flexibility index (Phi) is 6.55. The van der Waals surface area contributed by atoms with Gasteiger partial charge in [-0.25, -0.2) is 0 Å². The molecule has 4 nitrogen and oxygen atoms in total. The van der Waals surface area contributed by atoms with E-state index >= 15 is 0 Å². The van der Waals surface area contributed by atoms with Crippen LogP contribution in [0.2, 0.25) is 0 Å². The quantitative estimate of drug-likeness (QED) is 0.756. The second-order valence-corrected chi connectivity index (χ2v) is 6.46. The first-order chi connectivity index (χ1) is 11.5. The molecule has 0 fully saturated rings. The number of rotatable bonds is 6. The molecular weight excluding hydrogens is 368 g/mol.